The molecule has 1 saturated heterocycles. The number of aryl methyl sites for hydroxylation is 1. The summed E-state index contributed by atoms with van der Waals surface area (Å²) in [6.45, 7) is 4.32. The SMILES string of the molecule is Cc1oc2ccccc2c1/C=N/NC(=O)CN1CCCC1.Cl. The molecule has 5 nitrogen and oxygen atoms in total. The largest absolute Gasteiger partial charge is 0.461 e. The van der Waals surface area contributed by atoms with Gasteiger partial charge < -0.3 is 4.42 Å². The van der Waals surface area contributed by atoms with Gasteiger partial charge in [-0.15, -0.1) is 12.4 Å². The van der Waals surface area contributed by atoms with Gasteiger partial charge in [0.25, 0.3) is 5.91 Å². The topological polar surface area (TPSA) is 57.8 Å². The fourth-order valence-electron chi connectivity index (χ4n) is 2.70. The number of hydrazone groups is 1. The molecule has 1 aliphatic heterocycles. The number of furan rings is 1. The van der Waals surface area contributed by atoms with Crippen LogP contribution in [0.2, 0.25) is 0 Å². The molecule has 0 unspecified atom stereocenters. The smallest absolute Gasteiger partial charge is 0.254 e. The summed E-state index contributed by atoms with van der Waals surface area (Å²) in [4.78, 5) is 13.9. The minimum absolute atomic E-state index is 0. The summed E-state index contributed by atoms with van der Waals surface area (Å²) in [5.41, 5.74) is 4.33. The van der Waals surface area contributed by atoms with Crippen molar-refractivity contribution in [3.8, 4) is 0 Å². The highest BCUT2D eigenvalue weighted by Gasteiger charge is 2.14. The monoisotopic (exact) mass is 321 g/mol. The van der Waals surface area contributed by atoms with Crippen molar-refractivity contribution in [1.82, 2.24) is 10.3 Å². The molecule has 1 aliphatic rings. The summed E-state index contributed by atoms with van der Waals surface area (Å²) in [5, 5.41) is 5.06. The number of nitrogens with zero attached hydrogens (tertiary/aromatic N) is 2. The molecule has 1 aromatic heterocycles. The lowest BCUT2D eigenvalue weighted by Crippen LogP contribution is -2.33. The molecule has 118 valence electrons. The van der Waals surface area contributed by atoms with Gasteiger partial charge >= 0.3 is 0 Å². The molecule has 0 spiro atoms. The van der Waals surface area contributed by atoms with Gasteiger partial charge in [-0.2, -0.15) is 5.10 Å². The van der Waals surface area contributed by atoms with Crippen molar-refractivity contribution in [2.75, 3.05) is 19.6 Å². The van der Waals surface area contributed by atoms with Crippen LogP contribution in [0, 0.1) is 6.92 Å². The maximum absolute atomic E-state index is 11.8. The van der Waals surface area contributed by atoms with Gasteiger partial charge in [-0.25, -0.2) is 5.43 Å². The Morgan fingerprint density at radius 1 is 1.36 bits per heavy atom. The van der Waals surface area contributed by atoms with Crippen LogP contribution in [0.5, 0.6) is 0 Å². The van der Waals surface area contributed by atoms with Crippen LogP contribution in [0.3, 0.4) is 0 Å². The Labute approximate surface area is 135 Å². The highest BCUT2D eigenvalue weighted by atomic mass is 35.5. The zero-order valence-corrected chi connectivity index (χ0v) is 13.4. The number of nitrogens with one attached hydrogen (secondary N) is 1. The summed E-state index contributed by atoms with van der Waals surface area (Å²) in [6, 6.07) is 7.80. The van der Waals surface area contributed by atoms with E-state index >= 15 is 0 Å². The summed E-state index contributed by atoms with van der Waals surface area (Å²) < 4.78 is 5.65. The van der Waals surface area contributed by atoms with Crippen molar-refractivity contribution in [1.29, 1.82) is 0 Å². The van der Waals surface area contributed by atoms with E-state index in [2.05, 4.69) is 15.4 Å². The molecule has 0 atom stereocenters. The molecular weight excluding hydrogens is 302 g/mol. The number of hydrogen-bond acceptors (Lipinski definition) is 4. The van der Waals surface area contributed by atoms with Crippen molar-refractivity contribution < 1.29 is 9.21 Å². The van der Waals surface area contributed by atoms with E-state index in [4.69, 9.17) is 4.42 Å². The number of carbonyl (C=O) groups excluding carboxylic acids is 1. The molecule has 0 aliphatic carbocycles. The van der Waals surface area contributed by atoms with Crippen molar-refractivity contribution in [2.24, 2.45) is 5.10 Å². The standard InChI is InChI=1S/C16H19N3O2.ClH/c1-12-14(13-6-2-3-7-15(13)21-12)10-17-18-16(20)11-19-8-4-5-9-19;/h2-3,6-7,10H,4-5,8-9,11H2,1H3,(H,18,20);1H/b17-10+;. The van der Waals surface area contributed by atoms with Gasteiger partial charge in [0.05, 0.1) is 12.8 Å². The minimum atomic E-state index is -0.0707. The van der Waals surface area contributed by atoms with E-state index in [1.54, 1.807) is 6.21 Å². The molecule has 0 saturated carbocycles. The lowest BCUT2D eigenvalue weighted by atomic mass is 10.1. The number of fused-ring (bicyclic) bond motifs is 1. The maximum Gasteiger partial charge on any atom is 0.254 e. The molecule has 2 heterocycles. The van der Waals surface area contributed by atoms with Crippen LogP contribution in [-0.4, -0.2) is 36.7 Å². The molecular formula is C16H20ClN3O2. The second kappa shape index (κ2) is 7.42. The first-order chi connectivity index (χ1) is 10.2. The summed E-state index contributed by atoms with van der Waals surface area (Å²) in [7, 11) is 0. The Kier molecular flexibility index (Phi) is 5.57. The number of para-hydroxylation sites is 1. The first-order valence-corrected chi connectivity index (χ1v) is 7.26. The molecule has 6 heteroatoms. The number of amides is 1. The Morgan fingerprint density at radius 2 is 2.09 bits per heavy atom. The van der Waals surface area contributed by atoms with E-state index in [0.717, 1.165) is 35.4 Å². The predicted octanol–water partition coefficient (Wildman–Crippen LogP) is 2.71. The average molecular weight is 322 g/mol. The Bertz CT molecular complexity index is 675. The van der Waals surface area contributed by atoms with Crippen molar-refractivity contribution >= 4 is 35.5 Å². The molecule has 1 fully saturated rings. The molecule has 3 rings (SSSR count). The maximum atomic E-state index is 11.8. The van der Waals surface area contributed by atoms with E-state index in [0.29, 0.717) is 6.54 Å². The summed E-state index contributed by atoms with van der Waals surface area (Å²) >= 11 is 0. The lowest BCUT2D eigenvalue weighted by Gasteiger charge is -2.12. The number of carbonyl (C=O) groups is 1. The number of rotatable bonds is 4. The van der Waals surface area contributed by atoms with Crippen LogP contribution in [0.15, 0.2) is 33.8 Å². The minimum Gasteiger partial charge on any atom is -0.461 e. The third kappa shape index (κ3) is 3.67. The molecule has 0 bridgehead atoms. The highest BCUT2D eigenvalue weighted by molar-refractivity contribution is 5.99. The lowest BCUT2D eigenvalue weighted by molar-refractivity contribution is -0.121. The molecule has 22 heavy (non-hydrogen) atoms. The third-order valence-electron chi connectivity index (χ3n) is 3.77. The van der Waals surface area contributed by atoms with E-state index < -0.39 is 0 Å². The average Bonchev–Trinajstić information content (AvgIpc) is 3.07. The number of hydrogen-bond donors (Lipinski definition) is 1. The van der Waals surface area contributed by atoms with E-state index in [1.807, 2.05) is 31.2 Å². The fourth-order valence-corrected chi connectivity index (χ4v) is 2.70. The van der Waals surface area contributed by atoms with Crippen molar-refractivity contribution in [3.63, 3.8) is 0 Å². The second-order valence-electron chi connectivity index (χ2n) is 5.34. The van der Waals surface area contributed by atoms with E-state index in [9.17, 15) is 4.79 Å². The van der Waals surface area contributed by atoms with Gasteiger partial charge in [0.2, 0.25) is 0 Å². The van der Waals surface area contributed by atoms with Crippen LogP contribution in [0.25, 0.3) is 11.0 Å². The van der Waals surface area contributed by atoms with Gasteiger partial charge in [-0.3, -0.25) is 9.69 Å². The first-order valence-electron chi connectivity index (χ1n) is 7.26. The Balaban J connectivity index is 0.00000176. The van der Waals surface area contributed by atoms with Crippen LogP contribution >= 0.6 is 12.4 Å². The zero-order chi connectivity index (χ0) is 14.7. The van der Waals surface area contributed by atoms with Crippen molar-refractivity contribution in [3.05, 3.63) is 35.6 Å². The third-order valence-corrected chi connectivity index (χ3v) is 3.77. The predicted molar refractivity (Wildman–Crippen MR) is 89.6 cm³/mol. The van der Waals surface area contributed by atoms with Crippen LogP contribution in [0.4, 0.5) is 0 Å². The van der Waals surface area contributed by atoms with E-state index in [-0.39, 0.29) is 18.3 Å². The zero-order valence-electron chi connectivity index (χ0n) is 12.5. The molecule has 1 N–H and O–H groups in total. The quantitative estimate of drug-likeness (QED) is 0.696. The van der Waals surface area contributed by atoms with Gasteiger partial charge in [-0.05, 0) is 38.9 Å². The molecule has 1 aromatic carbocycles. The summed E-state index contributed by atoms with van der Waals surface area (Å²) in [6.07, 6.45) is 4.01. The van der Waals surface area contributed by atoms with Crippen LogP contribution < -0.4 is 5.43 Å². The number of benzene rings is 1. The van der Waals surface area contributed by atoms with Gasteiger partial charge in [0, 0.05) is 10.9 Å². The summed E-state index contributed by atoms with van der Waals surface area (Å²) in [5.74, 6) is 0.729. The van der Waals surface area contributed by atoms with Crippen LogP contribution in [0.1, 0.15) is 24.2 Å². The van der Waals surface area contributed by atoms with Gasteiger partial charge in [-0.1, -0.05) is 18.2 Å². The van der Waals surface area contributed by atoms with Gasteiger partial charge in [0.1, 0.15) is 11.3 Å². The Morgan fingerprint density at radius 3 is 2.86 bits per heavy atom. The van der Waals surface area contributed by atoms with E-state index in [1.165, 1.54) is 12.8 Å². The highest BCUT2D eigenvalue weighted by Crippen LogP contribution is 2.23. The molecule has 2 aromatic rings. The van der Waals surface area contributed by atoms with Crippen molar-refractivity contribution in [2.45, 2.75) is 19.8 Å². The first kappa shape index (κ1) is 16.5. The molecule has 0 radical (unpaired) electrons. The normalized spacial score (nSPS) is 15.3. The van der Waals surface area contributed by atoms with Crippen LogP contribution in [-0.2, 0) is 4.79 Å². The Hall–Kier alpha value is -1.85. The second-order valence-corrected chi connectivity index (χ2v) is 5.34. The number of halogens is 1. The fraction of sp³-hybridized carbons (Fsp3) is 0.375. The number of likely N-dealkylation sites (tertiary alicyclic amines) is 1. The van der Waals surface area contributed by atoms with Gasteiger partial charge in [0.15, 0.2) is 0 Å². The molecule has 1 amide bonds.